The van der Waals surface area contributed by atoms with Gasteiger partial charge in [0.05, 0.1) is 11.5 Å². The summed E-state index contributed by atoms with van der Waals surface area (Å²) >= 11 is 1.24. The molecule has 2 aromatic rings. The first-order valence-corrected chi connectivity index (χ1v) is 8.95. The molecule has 1 aromatic heterocycles. The zero-order valence-electron chi connectivity index (χ0n) is 13.2. The predicted molar refractivity (Wildman–Crippen MR) is 86.9 cm³/mol. The summed E-state index contributed by atoms with van der Waals surface area (Å²) in [6, 6.07) is 4.94. The highest BCUT2D eigenvalue weighted by Gasteiger charge is 2.28. The third-order valence-corrected chi connectivity index (χ3v) is 5.26. The monoisotopic (exact) mass is 400 g/mol. The molecule has 0 aliphatic carbocycles. The molecule has 0 atom stereocenters. The molecule has 2 rings (SSSR count). The van der Waals surface area contributed by atoms with Crippen molar-refractivity contribution in [2.24, 2.45) is 7.05 Å². The first-order valence-electron chi connectivity index (χ1n) is 6.98. The minimum atomic E-state index is -4.30. The zero-order valence-corrected chi connectivity index (χ0v) is 14.8. The molecule has 0 fully saturated rings. The molecule has 0 amide bonds. The standard InChI is InChI=1S/C15H14F6N2S2/c1-9-3-4-10(5-11(9)24-7-14(16,17)18)13-22-12(6-23(13)2)25-8-15(19,20)21/h3-6H,7-8H2,1-2H3. The molecule has 0 radical (unpaired) electrons. The van der Waals surface area contributed by atoms with E-state index in [1.54, 1.807) is 36.7 Å². The van der Waals surface area contributed by atoms with Crippen LogP contribution in [0.5, 0.6) is 0 Å². The molecule has 0 N–H and O–H groups in total. The van der Waals surface area contributed by atoms with Gasteiger partial charge in [0.1, 0.15) is 10.9 Å². The lowest BCUT2D eigenvalue weighted by atomic mass is 10.1. The smallest absolute Gasteiger partial charge is 0.333 e. The lowest BCUT2D eigenvalue weighted by molar-refractivity contribution is -0.106. The Morgan fingerprint density at radius 1 is 1.00 bits per heavy atom. The molecule has 0 unspecified atom stereocenters. The van der Waals surface area contributed by atoms with Gasteiger partial charge in [-0.05, 0) is 18.6 Å². The fraction of sp³-hybridized carbons (Fsp3) is 0.400. The molecule has 0 aliphatic heterocycles. The second kappa shape index (κ2) is 7.53. The SMILES string of the molecule is Cc1ccc(-c2nc(SCC(F)(F)F)cn2C)cc1SCC(F)(F)F. The van der Waals surface area contributed by atoms with Crippen LogP contribution in [0.2, 0.25) is 0 Å². The number of hydrogen-bond acceptors (Lipinski definition) is 3. The van der Waals surface area contributed by atoms with Crippen LogP contribution in [0.25, 0.3) is 11.4 Å². The van der Waals surface area contributed by atoms with Gasteiger partial charge < -0.3 is 4.57 Å². The topological polar surface area (TPSA) is 17.8 Å². The van der Waals surface area contributed by atoms with Gasteiger partial charge in [-0.15, -0.1) is 11.8 Å². The molecule has 138 valence electrons. The number of rotatable bonds is 5. The van der Waals surface area contributed by atoms with E-state index in [0.29, 0.717) is 45.4 Å². The van der Waals surface area contributed by atoms with Crippen molar-refractivity contribution in [2.45, 2.75) is 29.2 Å². The van der Waals surface area contributed by atoms with E-state index in [2.05, 4.69) is 4.98 Å². The van der Waals surface area contributed by atoms with E-state index in [4.69, 9.17) is 0 Å². The number of nitrogens with zero attached hydrogens (tertiary/aromatic N) is 2. The summed E-state index contributed by atoms with van der Waals surface area (Å²) in [5.41, 5.74) is 1.25. The molecule has 1 aromatic carbocycles. The summed E-state index contributed by atoms with van der Waals surface area (Å²) in [6.45, 7) is 1.70. The molecule has 0 saturated carbocycles. The molecule has 0 spiro atoms. The van der Waals surface area contributed by atoms with E-state index in [1.165, 1.54) is 6.20 Å². The van der Waals surface area contributed by atoms with E-state index in [9.17, 15) is 26.3 Å². The number of alkyl halides is 6. The Kier molecular flexibility index (Phi) is 6.03. The van der Waals surface area contributed by atoms with Crippen molar-refractivity contribution in [3.63, 3.8) is 0 Å². The second-order valence-electron chi connectivity index (χ2n) is 5.30. The van der Waals surface area contributed by atoms with Gasteiger partial charge in [-0.1, -0.05) is 23.9 Å². The van der Waals surface area contributed by atoms with Crippen molar-refractivity contribution in [3.8, 4) is 11.4 Å². The highest BCUT2D eigenvalue weighted by molar-refractivity contribution is 7.99. The third-order valence-electron chi connectivity index (χ3n) is 3.08. The first kappa shape index (κ1) is 20.0. The summed E-state index contributed by atoms with van der Waals surface area (Å²) in [5.74, 6) is -1.66. The number of halogens is 6. The van der Waals surface area contributed by atoms with Gasteiger partial charge in [-0.3, -0.25) is 0 Å². The molecule has 0 saturated heterocycles. The number of aryl methyl sites for hydroxylation is 2. The third kappa shape index (κ3) is 6.18. The van der Waals surface area contributed by atoms with Crippen LogP contribution >= 0.6 is 23.5 Å². The van der Waals surface area contributed by atoms with Crippen molar-refractivity contribution >= 4 is 23.5 Å². The van der Waals surface area contributed by atoms with Gasteiger partial charge in [0.25, 0.3) is 0 Å². The summed E-state index contributed by atoms with van der Waals surface area (Å²) in [7, 11) is 1.63. The van der Waals surface area contributed by atoms with Gasteiger partial charge in [-0.2, -0.15) is 26.3 Å². The minimum absolute atomic E-state index is 0.208. The van der Waals surface area contributed by atoms with Crippen LogP contribution in [0.1, 0.15) is 5.56 Å². The van der Waals surface area contributed by atoms with Crippen molar-refractivity contribution in [1.82, 2.24) is 9.55 Å². The molecule has 1 heterocycles. The maximum absolute atomic E-state index is 12.4. The lowest BCUT2D eigenvalue weighted by Crippen LogP contribution is -2.10. The Morgan fingerprint density at radius 2 is 1.60 bits per heavy atom. The summed E-state index contributed by atoms with van der Waals surface area (Å²) in [4.78, 5) is 4.62. The number of thioether (sulfide) groups is 2. The van der Waals surface area contributed by atoms with E-state index in [1.807, 2.05) is 0 Å². The average Bonchev–Trinajstić information content (AvgIpc) is 2.84. The van der Waals surface area contributed by atoms with Gasteiger partial charge >= 0.3 is 12.4 Å². The van der Waals surface area contributed by atoms with Gasteiger partial charge in [0, 0.05) is 23.7 Å². The van der Waals surface area contributed by atoms with E-state index >= 15 is 0 Å². The largest absolute Gasteiger partial charge is 0.398 e. The van der Waals surface area contributed by atoms with Crippen LogP contribution < -0.4 is 0 Å². The highest BCUT2D eigenvalue weighted by Crippen LogP contribution is 2.33. The van der Waals surface area contributed by atoms with Crippen molar-refractivity contribution in [1.29, 1.82) is 0 Å². The summed E-state index contributed by atoms with van der Waals surface area (Å²) in [5, 5.41) is 0.208. The Labute approximate surface area is 149 Å². The Balaban J connectivity index is 2.22. The number of benzene rings is 1. The maximum Gasteiger partial charge on any atom is 0.398 e. The zero-order chi connectivity index (χ0) is 18.8. The molecule has 10 heteroatoms. The van der Waals surface area contributed by atoms with E-state index < -0.39 is 23.9 Å². The van der Waals surface area contributed by atoms with Gasteiger partial charge in [0.15, 0.2) is 0 Å². The normalized spacial score (nSPS) is 12.6. The van der Waals surface area contributed by atoms with E-state index in [-0.39, 0.29) is 5.03 Å². The summed E-state index contributed by atoms with van der Waals surface area (Å²) < 4.78 is 75.7. The minimum Gasteiger partial charge on any atom is -0.333 e. The Hall–Kier alpha value is -1.29. The van der Waals surface area contributed by atoms with Crippen LogP contribution in [-0.2, 0) is 7.05 Å². The molecule has 0 bridgehead atoms. The first-order chi connectivity index (χ1) is 11.4. The lowest BCUT2D eigenvalue weighted by Gasteiger charge is -2.10. The van der Waals surface area contributed by atoms with Crippen LogP contribution in [0.4, 0.5) is 26.3 Å². The average molecular weight is 400 g/mol. The quantitative estimate of drug-likeness (QED) is 0.473. The molecular formula is C15H14F6N2S2. The molecule has 0 aliphatic rings. The highest BCUT2D eigenvalue weighted by atomic mass is 32.2. The fourth-order valence-corrected chi connectivity index (χ4v) is 3.51. The predicted octanol–water partition coefficient (Wildman–Crippen LogP) is 5.70. The van der Waals surface area contributed by atoms with Crippen molar-refractivity contribution in [2.75, 3.05) is 11.5 Å². The van der Waals surface area contributed by atoms with Crippen LogP contribution in [0.3, 0.4) is 0 Å². The summed E-state index contributed by atoms with van der Waals surface area (Å²) in [6.07, 6.45) is -7.11. The number of aromatic nitrogens is 2. The fourth-order valence-electron chi connectivity index (χ4n) is 1.99. The number of imidazole rings is 1. The van der Waals surface area contributed by atoms with Crippen molar-refractivity contribution < 1.29 is 26.3 Å². The van der Waals surface area contributed by atoms with Crippen LogP contribution in [0.15, 0.2) is 34.3 Å². The molecule has 2 nitrogen and oxygen atoms in total. The Morgan fingerprint density at radius 3 is 2.20 bits per heavy atom. The van der Waals surface area contributed by atoms with Crippen molar-refractivity contribution in [3.05, 3.63) is 30.0 Å². The second-order valence-corrected chi connectivity index (χ2v) is 7.31. The molecule has 25 heavy (non-hydrogen) atoms. The number of hydrogen-bond donors (Lipinski definition) is 0. The van der Waals surface area contributed by atoms with Gasteiger partial charge in [-0.25, -0.2) is 4.98 Å². The van der Waals surface area contributed by atoms with E-state index in [0.717, 1.165) is 0 Å². The molecular weight excluding hydrogens is 386 g/mol. The van der Waals surface area contributed by atoms with Crippen LogP contribution in [-0.4, -0.2) is 33.4 Å². The Bertz CT molecular complexity index is 737. The maximum atomic E-state index is 12.4. The van der Waals surface area contributed by atoms with Gasteiger partial charge in [0.2, 0.25) is 0 Å². The van der Waals surface area contributed by atoms with Crippen LogP contribution in [0, 0.1) is 6.92 Å².